The van der Waals surface area contributed by atoms with Crippen molar-refractivity contribution in [1.82, 2.24) is 10.2 Å². The fraction of sp³-hybridized carbons (Fsp3) is 0.385. The number of halogens is 3. The van der Waals surface area contributed by atoms with Crippen molar-refractivity contribution in [3.8, 4) is 0 Å². The van der Waals surface area contributed by atoms with Gasteiger partial charge in [0.15, 0.2) is 0 Å². The van der Waals surface area contributed by atoms with Crippen LogP contribution >= 0.6 is 28.3 Å². The van der Waals surface area contributed by atoms with Crippen LogP contribution in [0.5, 0.6) is 0 Å². The molecule has 1 aliphatic rings. The zero-order valence-corrected chi connectivity index (χ0v) is 12.4. The lowest BCUT2D eigenvalue weighted by Crippen LogP contribution is -2.44. The molecule has 1 atom stereocenters. The summed E-state index contributed by atoms with van der Waals surface area (Å²) >= 11 is 3.43. The smallest absolute Gasteiger partial charge is 0.129 e. The van der Waals surface area contributed by atoms with E-state index in [4.69, 9.17) is 0 Å². The summed E-state index contributed by atoms with van der Waals surface area (Å²) in [7, 11) is 0. The van der Waals surface area contributed by atoms with E-state index in [9.17, 15) is 4.39 Å². The van der Waals surface area contributed by atoms with Crippen LogP contribution in [0.1, 0.15) is 11.6 Å². The summed E-state index contributed by atoms with van der Waals surface area (Å²) in [4.78, 5) is 2.24. The summed E-state index contributed by atoms with van der Waals surface area (Å²) in [6, 6.07) is 5.02. The molecule has 0 unspecified atom stereocenters. The Morgan fingerprint density at radius 1 is 1.39 bits per heavy atom. The lowest BCUT2D eigenvalue weighted by molar-refractivity contribution is 0.200. The molecule has 1 N–H and O–H groups in total. The van der Waals surface area contributed by atoms with E-state index in [0.29, 0.717) is 5.56 Å². The maximum absolute atomic E-state index is 13.9. The molecule has 0 bridgehead atoms. The molecule has 0 spiro atoms. The Hall–Kier alpha value is -0.420. The average Bonchev–Trinajstić information content (AvgIpc) is 2.35. The lowest BCUT2D eigenvalue weighted by atomic mass is 10.0. The SMILES string of the molecule is C=C[C@@H](c1c(F)cccc1Br)N1CCNCC1.Cl. The van der Waals surface area contributed by atoms with Crippen LogP contribution in [0, 0.1) is 5.82 Å². The summed E-state index contributed by atoms with van der Waals surface area (Å²) in [5, 5.41) is 3.29. The summed E-state index contributed by atoms with van der Waals surface area (Å²) in [5.74, 6) is -0.178. The predicted molar refractivity (Wildman–Crippen MR) is 78.7 cm³/mol. The highest BCUT2D eigenvalue weighted by molar-refractivity contribution is 9.10. The van der Waals surface area contributed by atoms with Crippen molar-refractivity contribution in [3.63, 3.8) is 0 Å². The topological polar surface area (TPSA) is 15.3 Å². The molecule has 0 radical (unpaired) electrons. The van der Waals surface area contributed by atoms with Crippen molar-refractivity contribution in [3.05, 3.63) is 46.7 Å². The van der Waals surface area contributed by atoms with Gasteiger partial charge >= 0.3 is 0 Å². The Labute approximate surface area is 122 Å². The van der Waals surface area contributed by atoms with Gasteiger partial charge in [-0.25, -0.2) is 4.39 Å². The number of rotatable bonds is 3. The zero-order valence-electron chi connectivity index (χ0n) is 10.0. The minimum atomic E-state index is -0.178. The van der Waals surface area contributed by atoms with Crippen LogP contribution in [0.15, 0.2) is 35.3 Å². The Morgan fingerprint density at radius 2 is 2.06 bits per heavy atom. The highest BCUT2D eigenvalue weighted by Gasteiger charge is 2.23. The van der Waals surface area contributed by atoms with Crippen molar-refractivity contribution in [2.24, 2.45) is 0 Å². The van der Waals surface area contributed by atoms with Gasteiger partial charge in [0.25, 0.3) is 0 Å². The molecule has 18 heavy (non-hydrogen) atoms. The Balaban J connectivity index is 0.00000162. The molecule has 0 aromatic heterocycles. The first kappa shape index (κ1) is 15.6. The predicted octanol–water partition coefficient (Wildman–Crippen LogP) is 3.14. The van der Waals surface area contributed by atoms with E-state index >= 15 is 0 Å². The molecule has 1 saturated heterocycles. The summed E-state index contributed by atoms with van der Waals surface area (Å²) < 4.78 is 14.7. The number of nitrogens with zero attached hydrogens (tertiary/aromatic N) is 1. The van der Waals surface area contributed by atoms with Crippen molar-refractivity contribution in [2.45, 2.75) is 6.04 Å². The van der Waals surface area contributed by atoms with Crippen LogP contribution in [0.25, 0.3) is 0 Å². The Morgan fingerprint density at radius 3 is 2.61 bits per heavy atom. The fourth-order valence-corrected chi connectivity index (χ4v) is 2.78. The maximum Gasteiger partial charge on any atom is 0.129 e. The van der Waals surface area contributed by atoms with Gasteiger partial charge in [-0.15, -0.1) is 19.0 Å². The Kier molecular flexibility index (Phi) is 6.29. The highest BCUT2D eigenvalue weighted by Crippen LogP contribution is 2.31. The van der Waals surface area contributed by atoms with E-state index in [0.717, 1.165) is 30.7 Å². The average molecular weight is 336 g/mol. The highest BCUT2D eigenvalue weighted by atomic mass is 79.9. The minimum Gasteiger partial charge on any atom is -0.314 e. The quantitative estimate of drug-likeness (QED) is 0.854. The first-order valence-electron chi connectivity index (χ1n) is 5.75. The van der Waals surface area contributed by atoms with Gasteiger partial charge < -0.3 is 5.32 Å². The van der Waals surface area contributed by atoms with Crippen LogP contribution in [0.3, 0.4) is 0 Å². The third-order valence-electron chi connectivity index (χ3n) is 3.06. The van der Waals surface area contributed by atoms with Gasteiger partial charge in [-0.05, 0) is 12.1 Å². The van der Waals surface area contributed by atoms with Gasteiger partial charge in [0.05, 0.1) is 6.04 Å². The zero-order chi connectivity index (χ0) is 12.3. The molecule has 0 amide bonds. The molecule has 0 saturated carbocycles. The van der Waals surface area contributed by atoms with Crippen LogP contribution in [-0.4, -0.2) is 31.1 Å². The molecular formula is C13H17BrClFN2. The maximum atomic E-state index is 13.9. The summed E-state index contributed by atoms with van der Waals surface area (Å²) in [6.07, 6.45) is 1.81. The molecule has 1 heterocycles. The van der Waals surface area contributed by atoms with E-state index in [1.54, 1.807) is 6.07 Å². The van der Waals surface area contributed by atoms with E-state index in [-0.39, 0.29) is 24.3 Å². The van der Waals surface area contributed by atoms with Crippen molar-refractivity contribution < 1.29 is 4.39 Å². The first-order chi connectivity index (χ1) is 8.24. The van der Waals surface area contributed by atoms with E-state index in [2.05, 4.69) is 32.7 Å². The second-order valence-corrected chi connectivity index (χ2v) is 4.96. The number of piperazine rings is 1. The normalized spacial score (nSPS) is 17.9. The number of nitrogens with one attached hydrogen (secondary N) is 1. The third kappa shape index (κ3) is 3.32. The van der Waals surface area contributed by atoms with Gasteiger partial charge in [0.2, 0.25) is 0 Å². The Bertz CT molecular complexity index is 388. The number of benzene rings is 1. The molecule has 5 heteroatoms. The van der Waals surface area contributed by atoms with Gasteiger partial charge in [0, 0.05) is 36.2 Å². The molecule has 0 aliphatic carbocycles. The molecule has 1 aromatic carbocycles. The molecule has 1 aromatic rings. The molecule has 1 aliphatic heterocycles. The van der Waals surface area contributed by atoms with Gasteiger partial charge in [-0.2, -0.15) is 0 Å². The van der Waals surface area contributed by atoms with Crippen LogP contribution in [-0.2, 0) is 0 Å². The van der Waals surface area contributed by atoms with Crippen LogP contribution in [0.4, 0.5) is 4.39 Å². The molecule has 100 valence electrons. The molecule has 2 nitrogen and oxygen atoms in total. The largest absolute Gasteiger partial charge is 0.314 e. The molecule has 1 fully saturated rings. The second kappa shape index (κ2) is 7.24. The molecule has 2 rings (SSSR count). The van der Waals surface area contributed by atoms with E-state index < -0.39 is 0 Å². The van der Waals surface area contributed by atoms with Crippen molar-refractivity contribution >= 4 is 28.3 Å². The first-order valence-corrected chi connectivity index (χ1v) is 6.54. The number of hydrogen-bond acceptors (Lipinski definition) is 2. The van der Waals surface area contributed by atoms with Crippen molar-refractivity contribution in [2.75, 3.05) is 26.2 Å². The summed E-state index contributed by atoms with van der Waals surface area (Å²) in [5.41, 5.74) is 0.685. The van der Waals surface area contributed by atoms with Gasteiger partial charge in [0.1, 0.15) is 5.82 Å². The number of hydrogen-bond donors (Lipinski definition) is 1. The minimum absolute atomic E-state index is 0. The molecular weight excluding hydrogens is 319 g/mol. The second-order valence-electron chi connectivity index (χ2n) is 4.10. The standard InChI is InChI=1S/C13H16BrFN2.ClH/c1-2-12(17-8-6-16-7-9-17)13-10(14)4-3-5-11(13)15;/h2-5,12,16H,1,6-9H2;1H/t12-;/m0./s1. The third-order valence-corrected chi connectivity index (χ3v) is 3.76. The van der Waals surface area contributed by atoms with Crippen LogP contribution < -0.4 is 5.32 Å². The van der Waals surface area contributed by atoms with Gasteiger partial charge in [-0.3, -0.25) is 4.90 Å². The summed E-state index contributed by atoms with van der Waals surface area (Å²) in [6.45, 7) is 7.56. The van der Waals surface area contributed by atoms with Gasteiger partial charge in [-0.1, -0.05) is 28.1 Å². The lowest BCUT2D eigenvalue weighted by Gasteiger charge is -2.34. The van der Waals surface area contributed by atoms with E-state index in [1.165, 1.54) is 6.07 Å². The monoisotopic (exact) mass is 334 g/mol. The van der Waals surface area contributed by atoms with Crippen molar-refractivity contribution in [1.29, 1.82) is 0 Å². The van der Waals surface area contributed by atoms with E-state index in [1.807, 2.05) is 12.1 Å². The van der Waals surface area contributed by atoms with Crippen LogP contribution in [0.2, 0.25) is 0 Å². The fourth-order valence-electron chi connectivity index (χ4n) is 2.20.